The average molecular weight is 393 g/mol. The van der Waals surface area contributed by atoms with E-state index < -0.39 is 10.2 Å². The molecule has 1 aliphatic rings. The lowest BCUT2D eigenvalue weighted by molar-refractivity contribution is 0.296. The Labute approximate surface area is 160 Å². The number of aromatic nitrogens is 1. The lowest BCUT2D eigenvalue weighted by Gasteiger charge is -2.33. The quantitative estimate of drug-likeness (QED) is 0.848. The minimum Gasteiger partial charge on any atom is -0.355 e. The van der Waals surface area contributed by atoms with Gasteiger partial charge in [-0.1, -0.05) is 6.07 Å². The predicted octanol–water partition coefficient (Wildman–Crippen LogP) is 3.26. The molecule has 1 aromatic carbocycles. The van der Waals surface area contributed by atoms with Crippen molar-refractivity contribution in [2.45, 2.75) is 25.7 Å². The summed E-state index contributed by atoms with van der Waals surface area (Å²) in [5, 5.41) is 3.20. The molecule has 3 rings (SSSR count). The predicted molar refractivity (Wildman–Crippen MR) is 105 cm³/mol. The Bertz CT molecular complexity index is 918. The van der Waals surface area contributed by atoms with Gasteiger partial charge in [-0.05, 0) is 50.1 Å². The fourth-order valence-electron chi connectivity index (χ4n) is 3.33. The zero-order valence-electron chi connectivity index (χ0n) is 15.8. The summed E-state index contributed by atoms with van der Waals surface area (Å²) in [4.78, 5) is 4.63. The van der Waals surface area contributed by atoms with Crippen molar-refractivity contribution in [3.8, 4) is 0 Å². The molecule has 27 heavy (non-hydrogen) atoms. The van der Waals surface area contributed by atoms with Gasteiger partial charge in [-0.3, -0.25) is 4.98 Å². The number of nitrogens with zero attached hydrogens (tertiary/aromatic N) is 3. The summed E-state index contributed by atoms with van der Waals surface area (Å²) in [5.74, 6) is -0.274. The zero-order chi connectivity index (χ0) is 19.6. The number of pyridine rings is 1. The first-order valence-electron chi connectivity index (χ1n) is 8.94. The fourth-order valence-corrected chi connectivity index (χ4v) is 4.52. The van der Waals surface area contributed by atoms with E-state index in [0.717, 1.165) is 29.9 Å². The van der Waals surface area contributed by atoms with Crippen LogP contribution in [0.2, 0.25) is 0 Å². The SMILES string of the molecule is Cc1cc(Nc2cccc(F)c2)cc([C@@H]2CCCN(S(=O)(=O)N(C)C)C2)n1. The first-order valence-corrected chi connectivity index (χ1v) is 10.3. The van der Waals surface area contributed by atoms with Crippen molar-refractivity contribution in [3.63, 3.8) is 0 Å². The Morgan fingerprint density at radius 1 is 1.22 bits per heavy atom. The smallest absolute Gasteiger partial charge is 0.281 e. The Hall–Kier alpha value is -2.03. The van der Waals surface area contributed by atoms with E-state index in [2.05, 4.69) is 10.3 Å². The topological polar surface area (TPSA) is 65.5 Å². The van der Waals surface area contributed by atoms with Crippen molar-refractivity contribution >= 4 is 21.6 Å². The number of hydrogen-bond donors (Lipinski definition) is 1. The van der Waals surface area contributed by atoms with Crippen LogP contribution in [0.5, 0.6) is 0 Å². The largest absolute Gasteiger partial charge is 0.355 e. The molecule has 0 amide bonds. The Balaban J connectivity index is 1.83. The molecule has 0 saturated carbocycles. The van der Waals surface area contributed by atoms with Gasteiger partial charge in [0.2, 0.25) is 0 Å². The lowest BCUT2D eigenvalue weighted by Crippen LogP contribution is -2.45. The summed E-state index contributed by atoms with van der Waals surface area (Å²) >= 11 is 0. The average Bonchev–Trinajstić information content (AvgIpc) is 2.61. The first-order chi connectivity index (χ1) is 12.8. The second-order valence-electron chi connectivity index (χ2n) is 7.04. The highest BCUT2D eigenvalue weighted by Gasteiger charge is 2.31. The highest BCUT2D eigenvalue weighted by Crippen LogP contribution is 2.30. The Morgan fingerprint density at radius 3 is 2.70 bits per heavy atom. The maximum absolute atomic E-state index is 13.4. The molecule has 1 aromatic heterocycles. The van der Waals surface area contributed by atoms with Crippen molar-refractivity contribution < 1.29 is 12.8 Å². The van der Waals surface area contributed by atoms with Crippen LogP contribution in [0, 0.1) is 12.7 Å². The second-order valence-corrected chi connectivity index (χ2v) is 9.19. The zero-order valence-corrected chi connectivity index (χ0v) is 16.6. The van der Waals surface area contributed by atoms with Crippen molar-refractivity contribution in [2.24, 2.45) is 0 Å². The van der Waals surface area contributed by atoms with Gasteiger partial charge in [0.25, 0.3) is 10.2 Å². The number of halogens is 1. The third-order valence-electron chi connectivity index (χ3n) is 4.68. The molecule has 0 unspecified atom stereocenters. The van der Waals surface area contributed by atoms with E-state index in [1.165, 1.54) is 20.7 Å². The van der Waals surface area contributed by atoms with Crippen LogP contribution in [-0.2, 0) is 10.2 Å². The van der Waals surface area contributed by atoms with Gasteiger partial charge >= 0.3 is 0 Å². The van der Waals surface area contributed by atoms with Crippen LogP contribution in [0.4, 0.5) is 15.8 Å². The summed E-state index contributed by atoms with van der Waals surface area (Å²) in [5.41, 5.74) is 3.16. The van der Waals surface area contributed by atoms with Crippen LogP contribution in [0.25, 0.3) is 0 Å². The van der Waals surface area contributed by atoms with E-state index in [4.69, 9.17) is 0 Å². The molecular formula is C19H25FN4O2S. The molecule has 1 fully saturated rings. The summed E-state index contributed by atoms with van der Waals surface area (Å²) in [7, 11) is -0.340. The molecule has 1 atom stereocenters. The van der Waals surface area contributed by atoms with E-state index in [-0.39, 0.29) is 11.7 Å². The summed E-state index contributed by atoms with van der Waals surface area (Å²) in [6.45, 7) is 2.84. The highest BCUT2D eigenvalue weighted by atomic mass is 32.2. The van der Waals surface area contributed by atoms with E-state index in [1.54, 1.807) is 26.2 Å². The molecule has 1 aliphatic heterocycles. The molecule has 1 saturated heterocycles. The third kappa shape index (κ3) is 4.63. The molecule has 0 aliphatic carbocycles. The van der Waals surface area contributed by atoms with Gasteiger partial charge in [0.15, 0.2) is 0 Å². The molecule has 2 heterocycles. The molecule has 6 nitrogen and oxygen atoms in total. The summed E-state index contributed by atoms with van der Waals surface area (Å²) in [6.07, 6.45) is 1.68. The normalized spacial score (nSPS) is 18.6. The van der Waals surface area contributed by atoms with Crippen molar-refractivity contribution in [1.29, 1.82) is 0 Å². The van der Waals surface area contributed by atoms with Gasteiger partial charge in [0, 0.05) is 55.9 Å². The van der Waals surface area contributed by atoms with Gasteiger partial charge < -0.3 is 5.32 Å². The van der Waals surface area contributed by atoms with Crippen molar-refractivity contribution in [2.75, 3.05) is 32.5 Å². The maximum Gasteiger partial charge on any atom is 0.281 e. The number of nitrogens with one attached hydrogen (secondary N) is 1. The second kappa shape index (κ2) is 7.92. The molecule has 2 aromatic rings. The number of anilines is 2. The minimum absolute atomic E-state index is 0.0291. The number of rotatable bonds is 5. The highest BCUT2D eigenvalue weighted by molar-refractivity contribution is 7.86. The van der Waals surface area contributed by atoms with E-state index in [1.807, 2.05) is 19.1 Å². The van der Waals surface area contributed by atoms with Gasteiger partial charge in [-0.15, -0.1) is 0 Å². The van der Waals surface area contributed by atoms with Crippen LogP contribution in [-0.4, -0.2) is 49.2 Å². The van der Waals surface area contributed by atoms with Gasteiger partial charge in [-0.2, -0.15) is 17.0 Å². The van der Waals surface area contributed by atoms with Gasteiger partial charge in [0.1, 0.15) is 5.82 Å². The summed E-state index contributed by atoms with van der Waals surface area (Å²) in [6, 6.07) is 10.1. The molecule has 8 heteroatoms. The number of aryl methyl sites for hydroxylation is 1. The Kier molecular flexibility index (Phi) is 5.78. The molecule has 1 N–H and O–H groups in total. The Morgan fingerprint density at radius 2 is 2.00 bits per heavy atom. The molecule has 0 radical (unpaired) electrons. The standard InChI is InChI=1S/C19H25FN4O2S/c1-14-10-18(22-17-8-4-7-16(20)11-17)12-19(21-14)15-6-5-9-24(13-15)27(25,26)23(2)3/h4,7-8,10-12,15H,5-6,9,13H2,1-3H3,(H,21,22)/t15-/m1/s1. The van der Waals surface area contributed by atoms with Crippen molar-refractivity contribution in [3.05, 3.63) is 53.6 Å². The van der Waals surface area contributed by atoms with E-state index in [9.17, 15) is 12.8 Å². The van der Waals surface area contributed by atoms with Gasteiger partial charge in [0.05, 0.1) is 0 Å². The van der Waals surface area contributed by atoms with Crippen LogP contribution in [0.1, 0.15) is 30.1 Å². The molecule has 0 spiro atoms. The lowest BCUT2D eigenvalue weighted by atomic mass is 9.95. The minimum atomic E-state index is -3.43. The molecule has 146 valence electrons. The maximum atomic E-state index is 13.4. The number of piperidine rings is 1. The monoisotopic (exact) mass is 392 g/mol. The molecule has 0 bridgehead atoms. The van der Waals surface area contributed by atoms with Crippen LogP contribution >= 0.6 is 0 Å². The van der Waals surface area contributed by atoms with Crippen LogP contribution in [0.15, 0.2) is 36.4 Å². The van der Waals surface area contributed by atoms with E-state index >= 15 is 0 Å². The van der Waals surface area contributed by atoms with Gasteiger partial charge in [-0.25, -0.2) is 4.39 Å². The molecular weight excluding hydrogens is 367 g/mol. The van der Waals surface area contributed by atoms with Crippen LogP contribution in [0.3, 0.4) is 0 Å². The van der Waals surface area contributed by atoms with E-state index in [0.29, 0.717) is 18.8 Å². The number of benzene rings is 1. The first kappa shape index (κ1) is 19.7. The van der Waals surface area contributed by atoms with Crippen LogP contribution < -0.4 is 5.32 Å². The number of hydrogen-bond acceptors (Lipinski definition) is 4. The van der Waals surface area contributed by atoms with Crippen molar-refractivity contribution in [1.82, 2.24) is 13.6 Å². The fraction of sp³-hybridized carbons (Fsp3) is 0.421. The third-order valence-corrected chi connectivity index (χ3v) is 6.58. The summed E-state index contributed by atoms with van der Waals surface area (Å²) < 4.78 is 41.1.